The molecule has 0 radical (unpaired) electrons. The first-order valence-corrected chi connectivity index (χ1v) is 16.1. The van der Waals surface area contributed by atoms with Crippen molar-refractivity contribution < 1.29 is 25.9 Å². The number of aliphatic hydroxyl groups is 1. The van der Waals surface area contributed by atoms with Crippen LogP contribution in [0.5, 0.6) is 5.75 Å². The van der Waals surface area contributed by atoms with Gasteiger partial charge in [-0.2, -0.15) is 4.31 Å². The molecule has 0 unspecified atom stereocenters. The fraction of sp³-hybridized carbons (Fsp3) is 0.273. The lowest BCUT2D eigenvalue weighted by atomic mass is 9.94. The summed E-state index contributed by atoms with van der Waals surface area (Å²) in [6.07, 6.45) is 2.77. The van der Waals surface area contributed by atoms with Crippen LogP contribution in [0.1, 0.15) is 39.7 Å². The first-order chi connectivity index (χ1) is 20.8. The van der Waals surface area contributed by atoms with E-state index in [1.165, 1.54) is 4.31 Å². The van der Waals surface area contributed by atoms with Crippen LogP contribution < -0.4 is 10.1 Å². The van der Waals surface area contributed by atoms with E-state index in [-0.39, 0.29) is 26.3 Å². The first kappa shape index (κ1) is 29.3. The van der Waals surface area contributed by atoms with Crippen molar-refractivity contribution in [2.45, 2.75) is 48.6 Å². The van der Waals surface area contributed by atoms with Crippen molar-refractivity contribution in [1.29, 1.82) is 0 Å². The number of anilines is 1. The van der Waals surface area contributed by atoms with Crippen LogP contribution in [0.25, 0.3) is 11.3 Å². The van der Waals surface area contributed by atoms with Crippen molar-refractivity contribution >= 4 is 33.3 Å². The molecule has 1 aliphatic carbocycles. The van der Waals surface area contributed by atoms with Crippen LogP contribution in [0.4, 0.5) is 5.82 Å². The highest BCUT2D eigenvalue weighted by Crippen LogP contribution is 2.50. The summed E-state index contributed by atoms with van der Waals surface area (Å²) in [7, 11) is -3.70. The van der Waals surface area contributed by atoms with Crippen LogP contribution in [0.3, 0.4) is 0 Å². The van der Waals surface area contributed by atoms with Gasteiger partial charge < -0.3 is 15.2 Å². The number of benzene rings is 3. The average molecular weight is 622 g/mol. The van der Waals surface area contributed by atoms with Gasteiger partial charge in [0.1, 0.15) is 18.2 Å². The van der Waals surface area contributed by atoms with E-state index in [0.717, 1.165) is 17.5 Å². The molecule has 8 nitrogen and oxygen atoms in total. The lowest BCUT2D eigenvalue weighted by molar-refractivity contribution is -0.118. The molecule has 2 aliphatic rings. The van der Waals surface area contributed by atoms with Gasteiger partial charge >= 0.3 is 0 Å². The molecular weight excluding hydrogens is 586 g/mol. The summed E-state index contributed by atoms with van der Waals surface area (Å²) in [5, 5.41) is 13.0. The summed E-state index contributed by atoms with van der Waals surface area (Å²) in [6, 6.07) is 26.8. The molecule has 1 saturated carbocycles. The fourth-order valence-electron chi connectivity index (χ4n) is 5.56. The SMILES string of the molecule is O=C(Nc1cccc(-c2ccc(S(=O)(=O)N3CCC[C@@H]3CO)cc2)n1)C1(c2ccc(Cl)c(OCc3ccccc3)c2)CC1.[HH].[HH]. The number of hydrogen-bond acceptors (Lipinski definition) is 6. The molecule has 1 saturated heterocycles. The molecule has 1 aliphatic heterocycles. The van der Waals surface area contributed by atoms with Gasteiger partial charge in [0, 0.05) is 21.0 Å². The standard InChI is InChI=1S/C33H32ClN3O5S.2H2/c34-28-16-13-25(20-30(28)42-22-23-6-2-1-3-7-23)33(17-18-33)32(39)36-31-10-4-9-29(35-31)24-11-14-27(15-12-24)43(40,41)37-19-5-8-26(37)21-38;;/h1-4,6-7,9-16,20,26,38H,5,8,17-19,21-22H2,(H,35,36,39);2*1H/t26-;;/m1../s1. The number of carbonyl (C=O) groups is 1. The van der Waals surface area contributed by atoms with E-state index in [1.54, 1.807) is 42.5 Å². The predicted molar refractivity (Wildman–Crippen MR) is 170 cm³/mol. The van der Waals surface area contributed by atoms with E-state index in [1.807, 2.05) is 48.5 Å². The molecule has 1 amide bonds. The third kappa shape index (κ3) is 6.03. The minimum absolute atomic E-state index is 0. The quantitative estimate of drug-likeness (QED) is 0.215. The van der Waals surface area contributed by atoms with E-state index >= 15 is 0 Å². The Labute approximate surface area is 259 Å². The molecule has 1 aromatic heterocycles. The molecule has 0 bridgehead atoms. The van der Waals surface area contributed by atoms with Crippen LogP contribution in [0, 0.1) is 0 Å². The van der Waals surface area contributed by atoms with E-state index in [2.05, 4.69) is 10.3 Å². The van der Waals surface area contributed by atoms with E-state index in [9.17, 15) is 18.3 Å². The molecule has 4 aromatic rings. The Balaban J connectivity index is 0.00000230. The van der Waals surface area contributed by atoms with Crippen molar-refractivity contribution in [3.8, 4) is 17.0 Å². The highest BCUT2D eigenvalue weighted by molar-refractivity contribution is 7.89. The number of sulfonamides is 1. The average Bonchev–Trinajstić information content (AvgIpc) is 3.70. The zero-order chi connectivity index (χ0) is 30.0. The van der Waals surface area contributed by atoms with Crippen molar-refractivity contribution in [2.75, 3.05) is 18.5 Å². The third-order valence-electron chi connectivity index (χ3n) is 8.19. The second-order valence-corrected chi connectivity index (χ2v) is 13.3. The number of hydrogen-bond donors (Lipinski definition) is 2. The maximum atomic E-state index is 13.5. The summed E-state index contributed by atoms with van der Waals surface area (Å²) >= 11 is 6.42. The van der Waals surface area contributed by atoms with Crippen LogP contribution >= 0.6 is 11.6 Å². The lowest BCUT2D eigenvalue weighted by Gasteiger charge is -2.22. The number of carbonyl (C=O) groups excluding carboxylic acids is 1. The fourth-order valence-corrected chi connectivity index (χ4v) is 7.42. The summed E-state index contributed by atoms with van der Waals surface area (Å²) in [4.78, 5) is 18.3. The van der Waals surface area contributed by atoms with Crippen molar-refractivity contribution in [3.63, 3.8) is 0 Å². The Morgan fingerprint density at radius 1 is 1.05 bits per heavy atom. The number of aromatic nitrogens is 1. The van der Waals surface area contributed by atoms with Crippen molar-refractivity contribution in [3.05, 3.63) is 107 Å². The second kappa shape index (κ2) is 12.1. The van der Waals surface area contributed by atoms with Crippen LogP contribution in [-0.4, -0.2) is 47.9 Å². The van der Waals surface area contributed by atoms with Gasteiger partial charge in [-0.3, -0.25) is 4.79 Å². The Bertz CT molecular complexity index is 1740. The van der Waals surface area contributed by atoms with Gasteiger partial charge in [-0.1, -0.05) is 66.2 Å². The van der Waals surface area contributed by atoms with Crippen molar-refractivity contribution in [1.82, 2.24) is 9.29 Å². The number of nitrogens with one attached hydrogen (secondary N) is 1. The summed E-state index contributed by atoms with van der Waals surface area (Å²) < 4.78 is 33.6. The van der Waals surface area contributed by atoms with Gasteiger partial charge in [0.2, 0.25) is 15.9 Å². The molecule has 10 heteroatoms. The maximum absolute atomic E-state index is 13.5. The number of halogens is 1. The molecule has 6 rings (SSSR count). The van der Waals surface area contributed by atoms with Gasteiger partial charge in [0.15, 0.2) is 0 Å². The van der Waals surface area contributed by atoms with Gasteiger partial charge in [0.05, 0.1) is 27.6 Å². The molecule has 43 heavy (non-hydrogen) atoms. The van der Waals surface area contributed by atoms with Gasteiger partial charge in [0.25, 0.3) is 0 Å². The lowest BCUT2D eigenvalue weighted by Crippen LogP contribution is -2.37. The molecule has 2 N–H and O–H groups in total. The van der Waals surface area contributed by atoms with Crippen LogP contribution in [0.15, 0.2) is 95.9 Å². The molecule has 3 aromatic carbocycles. The van der Waals surface area contributed by atoms with E-state index in [4.69, 9.17) is 16.3 Å². The zero-order valence-corrected chi connectivity index (χ0v) is 25.0. The normalized spacial score (nSPS) is 17.9. The van der Waals surface area contributed by atoms with Gasteiger partial charge in [-0.15, -0.1) is 0 Å². The Hall–Kier alpha value is -3.76. The summed E-state index contributed by atoms with van der Waals surface area (Å²) in [5.41, 5.74) is 2.49. The molecule has 1 atom stereocenters. The zero-order valence-electron chi connectivity index (χ0n) is 23.4. The Morgan fingerprint density at radius 2 is 1.81 bits per heavy atom. The minimum atomic E-state index is -3.70. The van der Waals surface area contributed by atoms with E-state index in [0.29, 0.717) is 60.3 Å². The topological polar surface area (TPSA) is 109 Å². The summed E-state index contributed by atoms with van der Waals surface area (Å²) in [5.74, 6) is 0.783. The summed E-state index contributed by atoms with van der Waals surface area (Å²) in [6.45, 7) is 0.578. The number of rotatable bonds is 10. The highest BCUT2D eigenvalue weighted by atomic mass is 35.5. The smallest absolute Gasteiger partial charge is 0.243 e. The highest BCUT2D eigenvalue weighted by Gasteiger charge is 2.51. The number of pyridine rings is 1. The number of nitrogens with zero attached hydrogens (tertiary/aromatic N) is 2. The maximum Gasteiger partial charge on any atom is 0.243 e. The Kier molecular flexibility index (Phi) is 8.24. The van der Waals surface area contributed by atoms with Crippen molar-refractivity contribution in [2.24, 2.45) is 0 Å². The molecule has 2 fully saturated rings. The monoisotopic (exact) mass is 621 g/mol. The minimum Gasteiger partial charge on any atom is -0.487 e. The number of aliphatic hydroxyl groups excluding tert-OH is 1. The van der Waals surface area contributed by atoms with Gasteiger partial charge in [-0.05, 0) is 73.2 Å². The third-order valence-corrected chi connectivity index (χ3v) is 10.5. The van der Waals surface area contributed by atoms with Crippen LogP contribution in [0.2, 0.25) is 5.02 Å². The number of ether oxygens (including phenoxy) is 1. The second-order valence-electron chi connectivity index (χ2n) is 11.0. The molecule has 0 spiro atoms. The Morgan fingerprint density at radius 3 is 2.53 bits per heavy atom. The molecule has 2 heterocycles. The molecule has 226 valence electrons. The van der Waals surface area contributed by atoms with Gasteiger partial charge in [-0.25, -0.2) is 13.4 Å². The van der Waals surface area contributed by atoms with E-state index < -0.39 is 15.4 Å². The van der Waals surface area contributed by atoms with Crippen LogP contribution in [-0.2, 0) is 26.8 Å². The predicted octanol–water partition coefficient (Wildman–Crippen LogP) is 6.29. The number of amides is 1. The molecular formula is C33H36ClN3O5S. The first-order valence-electron chi connectivity index (χ1n) is 14.3. The largest absolute Gasteiger partial charge is 0.487 e.